The van der Waals surface area contributed by atoms with Crippen LogP contribution in [-0.2, 0) is 32.0 Å². The molecule has 2 rings (SSSR count). The first-order valence-electron chi connectivity index (χ1n) is 15.8. The van der Waals surface area contributed by atoms with Gasteiger partial charge in [0.05, 0.1) is 19.1 Å². The van der Waals surface area contributed by atoms with Crippen molar-refractivity contribution in [2.75, 3.05) is 20.1 Å². The molecule has 2 amide bonds. The van der Waals surface area contributed by atoms with E-state index in [4.69, 9.17) is 9.47 Å². The number of carbonyl (C=O) groups is 4. The average molecular weight is 626 g/mol. The second-order valence-corrected chi connectivity index (χ2v) is 12.6. The van der Waals surface area contributed by atoms with Crippen molar-refractivity contribution in [3.63, 3.8) is 0 Å². The fraction of sp³-hybridized carbons (Fsp3) is 0.543. The van der Waals surface area contributed by atoms with Gasteiger partial charge in [-0.2, -0.15) is 0 Å². The lowest BCUT2D eigenvalue weighted by Gasteiger charge is -2.37. The Morgan fingerprint density at radius 1 is 0.978 bits per heavy atom. The number of nitrogens with zero attached hydrogens (tertiary/aromatic N) is 2. The van der Waals surface area contributed by atoms with Crippen LogP contribution in [0.2, 0.25) is 0 Å². The Labute approximate surface area is 267 Å². The topological polar surface area (TPSA) is 144 Å². The van der Waals surface area contributed by atoms with Crippen LogP contribution in [0.4, 0.5) is 4.79 Å². The molecular weight excluding hydrogens is 574 g/mol. The molecule has 10 heteroatoms. The van der Waals surface area contributed by atoms with E-state index >= 15 is 0 Å². The van der Waals surface area contributed by atoms with Crippen molar-refractivity contribution in [2.24, 2.45) is 5.92 Å². The Hall–Kier alpha value is -3.92. The molecule has 0 aromatic heterocycles. The quantitative estimate of drug-likeness (QED) is 0.285. The fourth-order valence-corrected chi connectivity index (χ4v) is 5.04. The molecule has 2 aromatic rings. The molecule has 0 saturated heterocycles. The Bertz CT molecular complexity index is 1260. The van der Waals surface area contributed by atoms with Crippen molar-refractivity contribution < 1.29 is 39.5 Å². The highest BCUT2D eigenvalue weighted by molar-refractivity contribution is 5.93. The molecule has 3 N–H and O–H groups in total. The van der Waals surface area contributed by atoms with E-state index in [2.05, 4.69) is 5.73 Å². The zero-order valence-electron chi connectivity index (χ0n) is 27.9. The molecule has 4 atom stereocenters. The third-order valence-electron chi connectivity index (χ3n) is 7.63. The number of para-hydroxylation sites is 1. The maximum Gasteiger partial charge on any atom is 0.411 e. The van der Waals surface area contributed by atoms with Gasteiger partial charge in [0.1, 0.15) is 23.5 Å². The van der Waals surface area contributed by atoms with Crippen LogP contribution in [0.3, 0.4) is 0 Å². The molecule has 0 aliphatic heterocycles. The van der Waals surface area contributed by atoms with Crippen LogP contribution < -0.4 is 15.6 Å². The first-order chi connectivity index (χ1) is 21.2. The van der Waals surface area contributed by atoms with E-state index in [1.54, 1.807) is 58.9 Å². The number of benzene rings is 2. The van der Waals surface area contributed by atoms with Gasteiger partial charge in [0.2, 0.25) is 5.91 Å². The molecular formula is C35H51N3O7. The van der Waals surface area contributed by atoms with Crippen LogP contribution in [0.1, 0.15) is 71.9 Å². The van der Waals surface area contributed by atoms with Gasteiger partial charge in [-0.05, 0) is 71.1 Å². The van der Waals surface area contributed by atoms with Gasteiger partial charge in [0, 0.05) is 31.8 Å². The summed E-state index contributed by atoms with van der Waals surface area (Å²) >= 11 is 0. The van der Waals surface area contributed by atoms with Crippen molar-refractivity contribution in [3.05, 3.63) is 65.7 Å². The molecule has 0 fully saturated rings. The summed E-state index contributed by atoms with van der Waals surface area (Å²) in [5, 5.41) is 11.9. The number of ketones is 1. The first kappa shape index (κ1) is 37.3. The number of carboxylic acids is 1. The number of carboxylic acid groups (broad SMARTS) is 1. The van der Waals surface area contributed by atoms with Gasteiger partial charge in [-0.25, -0.2) is 4.79 Å². The number of rotatable bonds is 17. The van der Waals surface area contributed by atoms with E-state index in [-0.39, 0.29) is 25.8 Å². The number of ether oxygens (including phenoxy) is 2. The predicted molar refractivity (Wildman–Crippen MR) is 170 cm³/mol. The van der Waals surface area contributed by atoms with Crippen LogP contribution >= 0.6 is 0 Å². The summed E-state index contributed by atoms with van der Waals surface area (Å²) in [6.45, 7) is 11.3. The van der Waals surface area contributed by atoms with Crippen LogP contribution in [0.15, 0.2) is 54.6 Å². The largest absolute Gasteiger partial charge is 0.550 e. The Balaban J connectivity index is 2.25. The number of carbonyl (C=O) groups excluding carboxylic acids is 4. The van der Waals surface area contributed by atoms with Crippen molar-refractivity contribution in [1.82, 2.24) is 9.80 Å². The number of aliphatic carboxylic acids is 1. The molecule has 0 aliphatic rings. The molecule has 10 nitrogen and oxygen atoms in total. The van der Waals surface area contributed by atoms with Gasteiger partial charge in [0.25, 0.3) is 0 Å². The monoisotopic (exact) mass is 625 g/mol. The van der Waals surface area contributed by atoms with Crippen molar-refractivity contribution in [2.45, 2.75) is 97.4 Å². The predicted octanol–water partition coefficient (Wildman–Crippen LogP) is 3.06. The SMILES string of the molecule is CC[C@@H](C(=O)N(C)[C@H](C)C(=O)C[C@H](Cc1ccccc1)C(=O)[O-])N(C[C@@H](C)Oc1ccccc1CCC[NH3+])C(=O)OC(C)(C)C. The lowest BCUT2D eigenvalue weighted by atomic mass is 9.92. The van der Waals surface area contributed by atoms with Crippen LogP contribution in [0, 0.1) is 5.92 Å². The summed E-state index contributed by atoms with van der Waals surface area (Å²) in [6, 6.07) is 14.9. The number of amides is 2. The lowest BCUT2D eigenvalue weighted by Crippen LogP contribution is -2.55. The smallest absolute Gasteiger partial charge is 0.411 e. The Morgan fingerprint density at radius 2 is 1.60 bits per heavy atom. The molecule has 0 bridgehead atoms. The minimum atomic E-state index is -1.32. The average Bonchev–Trinajstić information content (AvgIpc) is 2.98. The summed E-state index contributed by atoms with van der Waals surface area (Å²) in [5.41, 5.74) is 4.92. The number of Topliss-reactive ketones (excluding diaryl/α,β-unsaturated/α-hetero) is 1. The number of aryl methyl sites for hydroxylation is 1. The van der Waals surface area contributed by atoms with Crippen molar-refractivity contribution in [3.8, 4) is 5.75 Å². The standard InChI is InChI=1S/C35H51N3O7/c1-8-29(32(40)37(7)25(3)30(39)22-28(33(41)42)21-26-15-10-9-11-16-26)38(34(43)45-35(4,5)6)23-24(2)44-31-19-13-12-17-27(31)18-14-20-36/h9-13,15-17,19,24-25,28-29H,8,14,18,20-23,36H2,1-7H3,(H,41,42)/t24-,25-,28+,29+/m1/s1. The van der Waals surface area contributed by atoms with E-state index in [0.717, 1.165) is 30.5 Å². The summed E-state index contributed by atoms with van der Waals surface area (Å²) in [4.78, 5) is 55.2. The van der Waals surface area contributed by atoms with E-state index in [1.165, 1.54) is 16.8 Å². The molecule has 248 valence electrons. The number of likely N-dealkylation sites (N-methyl/N-ethyl adjacent to an activating group) is 1. The summed E-state index contributed by atoms with van der Waals surface area (Å²) < 4.78 is 12.0. The molecule has 0 heterocycles. The van der Waals surface area contributed by atoms with Gasteiger partial charge in [-0.1, -0.05) is 55.5 Å². The van der Waals surface area contributed by atoms with E-state index in [1.807, 2.05) is 37.3 Å². The minimum absolute atomic E-state index is 0.0584. The molecule has 0 unspecified atom stereocenters. The highest BCUT2D eigenvalue weighted by Crippen LogP contribution is 2.23. The second-order valence-electron chi connectivity index (χ2n) is 12.6. The van der Waals surface area contributed by atoms with Gasteiger partial charge < -0.3 is 30.0 Å². The van der Waals surface area contributed by atoms with Crippen LogP contribution in [0.25, 0.3) is 0 Å². The van der Waals surface area contributed by atoms with Crippen LogP contribution in [-0.4, -0.2) is 77.5 Å². The summed E-state index contributed by atoms with van der Waals surface area (Å²) in [7, 11) is 1.49. The van der Waals surface area contributed by atoms with E-state index < -0.39 is 53.5 Å². The van der Waals surface area contributed by atoms with Crippen molar-refractivity contribution in [1.29, 1.82) is 0 Å². The highest BCUT2D eigenvalue weighted by atomic mass is 16.6. The summed E-state index contributed by atoms with van der Waals surface area (Å²) in [5.74, 6) is -2.53. The van der Waals surface area contributed by atoms with E-state index in [0.29, 0.717) is 5.75 Å². The van der Waals surface area contributed by atoms with E-state index in [9.17, 15) is 24.3 Å². The summed E-state index contributed by atoms with van der Waals surface area (Å²) in [6.07, 6.45) is 0.651. The Morgan fingerprint density at radius 3 is 2.18 bits per heavy atom. The van der Waals surface area contributed by atoms with Crippen molar-refractivity contribution >= 4 is 23.8 Å². The number of quaternary nitrogens is 1. The third kappa shape index (κ3) is 11.8. The second kappa shape index (κ2) is 17.5. The first-order valence-corrected chi connectivity index (χ1v) is 15.8. The maximum atomic E-state index is 13.9. The molecule has 45 heavy (non-hydrogen) atoms. The van der Waals surface area contributed by atoms with Gasteiger partial charge >= 0.3 is 6.09 Å². The highest BCUT2D eigenvalue weighted by Gasteiger charge is 2.37. The third-order valence-corrected chi connectivity index (χ3v) is 7.63. The molecule has 0 saturated carbocycles. The molecule has 0 aliphatic carbocycles. The van der Waals surface area contributed by atoms with Gasteiger partial charge in [-0.15, -0.1) is 0 Å². The minimum Gasteiger partial charge on any atom is -0.550 e. The molecule has 0 radical (unpaired) electrons. The zero-order chi connectivity index (χ0) is 33.7. The van der Waals surface area contributed by atoms with Gasteiger partial charge in [0.15, 0.2) is 5.78 Å². The fourth-order valence-electron chi connectivity index (χ4n) is 5.04. The normalized spacial score (nSPS) is 14.0. The maximum absolute atomic E-state index is 13.9. The van der Waals surface area contributed by atoms with Gasteiger partial charge in [-0.3, -0.25) is 14.5 Å². The lowest BCUT2D eigenvalue weighted by molar-refractivity contribution is -0.368. The zero-order valence-corrected chi connectivity index (χ0v) is 27.9. The number of hydrogen-bond acceptors (Lipinski definition) is 7. The van der Waals surface area contributed by atoms with Crippen LogP contribution in [0.5, 0.6) is 5.75 Å². The Kier molecular flexibility index (Phi) is 14.5. The molecule has 2 aromatic carbocycles. The molecule has 0 spiro atoms. The number of hydrogen-bond donors (Lipinski definition) is 1.